The van der Waals surface area contributed by atoms with E-state index < -0.39 is 57.1 Å². The Labute approximate surface area is 328 Å². The minimum Gasteiger partial charge on any atom is -0.490 e. The van der Waals surface area contributed by atoms with E-state index in [-0.39, 0.29) is 35.2 Å². The zero-order chi connectivity index (χ0) is 42.4. The summed E-state index contributed by atoms with van der Waals surface area (Å²) in [5.74, 6) is 3.21. The Morgan fingerprint density at radius 3 is 2.28 bits per heavy atom. The van der Waals surface area contributed by atoms with Gasteiger partial charge in [0.15, 0.2) is 21.3 Å². The zero-order valence-corrected chi connectivity index (χ0v) is 33.0. The number of halogens is 3. The smallest absolute Gasteiger partial charge is 0.490 e. The number of carbonyl (C=O) groups excluding carboxylic acids is 2. The van der Waals surface area contributed by atoms with Gasteiger partial charge in [-0.1, -0.05) is 12.1 Å². The fourth-order valence-corrected chi connectivity index (χ4v) is 7.68. The van der Waals surface area contributed by atoms with Crippen LogP contribution in [0.15, 0.2) is 78.0 Å². The summed E-state index contributed by atoms with van der Waals surface area (Å²) in [6, 6.07) is 14.9. The van der Waals surface area contributed by atoms with Crippen molar-refractivity contribution < 1.29 is 55.3 Å². The van der Waals surface area contributed by atoms with Crippen LogP contribution in [0.25, 0.3) is 10.8 Å². The van der Waals surface area contributed by atoms with Crippen LogP contribution in [0.4, 0.5) is 24.5 Å². The number of nitrogens with two attached hydrogens (primary N) is 2. The van der Waals surface area contributed by atoms with E-state index in [0.717, 1.165) is 10.8 Å². The number of carbonyl (C=O) groups is 3. The number of rotatable bonds is 12. The molecule has 308 valence electrons. The summed E-state index contributed by atoms with van der Waals surface area (Å²) in [6.07, 6.45) is -1.58. The van der Waals surface area contributed by atoms with Gasteiger partial charge in [-0.25, -0.2) is 19.1 Å². The van der Waals surface area contributed by atoms with Gasteiger partial charge in [0.2, 0.25) is 0 Å². The van der Waals surface area contributed by atoms with Gasteiger partial charge < -0.3 is 30.0 Å². The summed E-state index contributed by atoms with van der Waals surface area (Å²) in [4.78, 5) is 43.1. The molecule has 4 aromatic rings. The number of aromatic nitrogens is 1. The number of methoxy groups -OCH3 is 1. The lowest BCUT2D eigenvalue weighted by atomic mass is 9.92. The predicted molar refractivity (Wildman–Crippen MR) is 206 cm³/mol. The highest BCUT2D eigenvalue weighted by Crippen LogP contribution is 2.45. The van der Waals surface area contributed by atoms with Gasteiger partial charge in [-0.05, 0) is 106 Å². The first-order valence-corrected chi connectivity index (χ1v) is 19.4. The number of hydrogen-bond donors (Lipinski definition) is 3. The molecular formula is C39H46F3N5O9S. The van der Waals surface area contributed by atoms with Crippen LogP contribution in [0.3, 0.4) is 0 Å². The van der Waals surface area contributed by atoms with E-state index in [2.05, 4.69) is 4.98 Å². The Bertz CT molecular complexity index is 2200. The number of likely N-dealkylation sites (tertiary alicyclic amines) is 1. The van der Waals surface area contributed by atoms with E-state index in [9.17, 15) is 26.4 Å². The number of hydrogen-bond acceptors (Lipinski definition) is 12. The van der Waals surface area contributed by atoms with Crippen molar-refractivity contribution in [3.63, 3.8) is 0 Å². The van der Waals surface area contributed by atoms with Crippen molar-refractivity contribution in [3.05, 3.63) is 84.2 Å². The van der Waals surface area contributed by atoms with E-state index in [4.69, 9.17) is 35.7 Å². The summed E-state index contributed by atoms with van der Waals surface area (Å²) < 4.78 is 76.2. The number of esters is 1. The molecule has 5 N–H and O–H groups in total. The standard InChI is InChI=1S/C37H45N5O7S.C2HF3O2/c1-7-48-32-19-25(9-12-31(32)49-22(2)3)34(42(39)28-11-8-26-21-40-16-14-24(26)18-28)36(43)41-17-15-29(37(44)47-6)35(41)30-20-27(38)10-13-33(30)50(45,46)23(4)5;3-2(4,5)1(6)7/h8-14,16,18-23,29,34-35H,7,15,17,38-39H2,1-6H3;(H,6,7). The van der Waals surface area contributed by atoms with Gasteiger partial charge in [0.25, 0.3) is 5.91 Å². The number of pyridine rings is 1. The lowest BCUT2D eigenvalue weighted by molar-refractivity contribution is -0.192. The van der Waals surface area contributed by atoms with E-state index in [1.54, 1.807) is 50.5 Å². The summed E-state index contributed by atoms with van der Waals surface area (Å²) >= 11 is 0. The van der Waals surface area contributed by atoms with Crippen molar-refractivity contribution in [2.45, 2.75) is 75.5 Å². The molecule has 1 aliphatic heterocycles. The number of ether oxygens (including phenoxy) is 3. The Morgan fingerprint density at radius 1 is 1.00 bits per heavy atom. The van der Waals surface area contributed by atoms with Crippen LogP contribution in [0.5, 0.6) is 11.5 Å². The summed E-state index contributed by atoms with van der Waals surface area (Å²) in [7, 11) is -2.59. The number of carboxylic acid groups (broad SMARTS) is 1. The molecule has 3 aromatic carbocycles. The first-order chi connectivity index (χ1) is 26.7. The highest BCUT2D eigenvalue weighted by atomic mass is 32.2. The number of anilines is 2. The number of amides is 1. The largest absolute Gasteiger partial charge is 0.490 e. The molecule has 14 nitrogen and oxygen atoms in total. The lowest BCUT2D eigenvalue weighted by Crippen LogP contribution is -2.47. The highest BCUT2D eigenvalue weighted by molar-refractivity contribution is 7.92. The molecule has 57 heavy (non-hydrogen) atoms. The molecule has 0 radical (unpaired) electrons. The van der Waals surface area contributed by atoms with Gasteiger partial charge >= 0.3 is 18.1 Å². The SMILES string of the molecule is CCOc1cc(C(C(=O)N2CCC(C(=O)OC)C2c2cc(N)ccc2S(=O)(=O)C(C)C)N(N)c2ccc3cnccc3c2)ccc1OC(C)C.O=C(O)C(F)(F)F. The average Bonchev–Trinajstić information content (AvgIpc) is 3.60. The van der Waals surface area contributed by atoms with Crippen molar-refractivity contribution in [3.8, 4) is 11.5 Å². The first-order valence-electron chi connectivity index (χ1n) is 17.9. The number of carboxylic acids is 1. The molecule has 1 aromatic heterocycles. The number of alkyl halides is 3. The van der Waals surface area contributed by atoms with Crippen LogP contribution >= 0.6 is 0 Å². The maximum Gasteiger partial charge on any atom is 0.490 e. The van der Waals surface area contributed by atoms with Crippen molar-refractivity contribution in [2.24, 2.45) is 11.8 Å². The molecule has 2 heterocycles. The van der Waals surface area contributed by atoms with Crippen LogP contribution in [-0.4, -0.2) is 79.0 Å². The maximum atomic E-state index is 15.2. The quantitative estimate of drug-likeness (QED) is 0.0650. The number of nitrogens with zero attached hydrogens (tertiary/aromatic N) is 3. The molecule has 1 fully saturated rings. The third-order valence-electron chi connectivity index (χ3n) is 9.09. The number of aliphatic carboxylic acids is 1. The molecule has 5 rings (SSSR count). The third kappa shape index (κ3) is 10.0. The molecule has 0 spiro atoms. The first kappa shape index (κ1) is 44.1. The second kappa shape index (κ2) is 18.1. The number of fused-ring (bicyclic) bond motifs is 1. The molecule has 1 amide bonds. The fourth-order valence-electron chi connectivity index (χ4n) is 6.41. The Kier molecular flexibility index (Phi) is 14.0. The lowest BCUT2D eigenvalue weighted by Gasteiger charge is -2.36. The van der Waals surface area contributed by atoms with Gasteiger partial charge in [0.05, 0.1) is 47.6 Å². The Hall–Kier alpha value is -5.62. The van der Waals surface area contributed by atoms with Gasteiger partial charge in [0.1, 0.15) is 6.04 Å². The van der Waals surface area contributed by atoms with Crippen molar-refractivity contribution in [1.29, 1.82) is 0 Å². The number of hydrazine groups is 1. The van der Waals surface area contributed by atoms with Gasteiger partial charge in [-0.3, -0.25) is 19.6 Å². The van der Waals surface area contributed by atoms with Gasteiger partial charge in [-0.15, -0.1) is 0 Å². The van der Waals surface area contributed by atoms with E-state index in [0.29, 0.717) is 29.4 Å². The van der Waals surface area contributed by atoms with E-state index in [1.165, 1.54) is 35.2 Å². The van der Waals surface area contributed by atoms with Crippen LogP contribution in [0.1, 0.15) is 64.3 Å². The number of nitrogen functional groups attached to an aromatic ring is 1. The average molecular weight is 818 g/mol. The molecule has 1 aliphatic rings. The topological polar surface area (TPSA) is 205 Å². The zero-order valence-electron chi connectivity index (χ0n) is 32.2. The van der Waals surface area contributed by atoms with Crippen LogP contribution in [-0.2, 0) is 29.0 Å². The van der Waals surface area contributed by atoms with E-state index >= 15 is 4.79 Å². The minimum absolute atomic E-state index is 0.00147. The summed E-state index contributed by atoms with van der Waals surface area (Å²) in [5, 5.41) is 9.49. The van der Waals surface area contributed by atoms with Crippen molar-refractivity contribution >= 4 is 49.8 Å². The molecule has 0 saturated carbocycles. The molecule has 0 aliphatic carbocycles. The molecule has 18 heteroatoms. The minimum atomic E-state index is -5.08. The summed E-state index contributed by atoms with van der Waals surface area (Å²) in [5.41, 5.74) is 7.80. The second-order valence-electron chi connectivity index (χ2n) is 13.6. The Balaban J connectivity index is 0.000000940. The maximum absolute atomic E-state index is 15.2. The monoisotopic (exact) mass is 817 g/mol. The molecular weight excluding hydrogens is 772 g/mol. The molecule has 3 unspecified atom stereocenters. The second-order valence-corrected chi connectivity index (χ2v) is 16.1. The molecule has 3 atom stereocenters. The molecule has 0 bridgehead atoms. The van der Waals surface area contributed by atoms with Crippen LogP contribution in [0.2, 0.25) is 0 Å². The van der Waals surface area contributed by atoms with E-state index in [1.807, 2.05) is 39.0 Å². The third-order valence-corrected chi connectivity index (χ3v) is 11.3. The molecule has 1 saturated heterocycles. The van der Waals surface area contributed by atoms with Crippen LogP contribution in [0, 0.1) is 5.92 Å². The highest BCUT2D eigenvalue weighted by Gasteiger charge is 2.47. The summed E-state index contributed by atoms with van der Waals surface area (Å²) in [6.45, 7) is 9.29. The van der Waals surface area contributed by atoms with Crippen molar-refractivity contribution in [1.82, 2.24) is 9.88 Å². The van der Waals surface area contributed by atoms with Crippen LogP contribution < -0.4 is 26.1 Å². The van der Waals surface area contributed by atoms with Gasteiger partial charge in [0, 0.05) is 30.0 Å². The Morgan fingerprint density at radius 2 is 1.68 bits per heavy atom. The normalized spacial score (nSPS) is 16.2. The predicted octanol–water partition coefficient (Wildman–Crippen LogP) is 6.00. The fraction of sp³-hybridized carbons (Fsp3) is 0.385. The number of sulfone groups is 1. The van der Waals surface area contributed by atoms with Crippen molar-refractivity contribution in [2.75, 3.05) is 31.0 Å². The van der Waals surface area contributed by atoms with Gasteiger partial charge in [-0.2, -0.15) is 13.2 Å². The number of benzene rings is 3.